The van der Waals surface area contributed by atoms with E-state index in [1.807, 2.05) is 72.8 Å². The summed E-state index contributed by atoms with van der Waals surface area (Å²) in [6.07, 6.45) is 1.61. The highest BCUT2D eigenvalue weighted by molar-refractivity contribution is 9.10. The Bertz CT molecular complexity index is 1650. The normalized spacial score (nSPS) is 11.2. The number of benzene rings is 4. The molecule has 1 heterocycles. The van der Waals surface area contributed by atoms with Crippen molar-refractivity contribution in [2.24, 2.45) is 5.10 Å². The van der Waals surface area contributed by atoms with E-state index in [0.29, 0.717) is 34.8 Å². The van der Waals surface area contributed by atoms with E-state index < -0.39 is 0 Å². The molecule has 0 N–H and O–H groups in total. The molecule has 6 nitrogen and oxygen atoms in total. The van der Waals surface area contributed by atoms with Gasteiger partial charge in [0.2, 0.25) is 0 Å². The van der Waals surface area contributed by atoms with Crippen LogP contribution in [0.4, 0.5) is 0 Å². The summed E-state index contributed by atoms with van der Waals surface area (Å²) < 4.78 is 13.7. The van der Waals surface area contributed by atoms with Crippen LogP contribution in [0, 0.1) is 6.92 Å². The van der Waals surface area contributed by atoms with Gasteiger partial charge in [0, 0.05) is 15.6 Å². The van der Waals surface area contributed by atoms with E-state index >= 15 is 0 Å². The molecule has 4 aromatic carbocycles. The highest BCUT2D eigenvalue weighted by atomic mass is 79.9. The van der Waals surface area contributed by atoms with Crippen LogP contribution in [-0.4, -0.2) is 23.0 Å². The van der Waals surface area contributed by atoms with Crippen molar-refractivity contribution < 1.29 is 9.47 Å². The lowest BCUT2D eigenvalue weighted by molar-refractivity contribution is 0.284. The summed E-state index contributed by atoms with van der Waals surface area (Å²) in [5.41, 5.74) is 4.14. The number of rotatable bonds is 7. The number of methoxy groups -OCH3 is 1. The van der Waals surface area contributed by atoms with Crippen LogP contribution in [0.2, 0.25) is 0 Å². The molecule has 0 aliphatic carbocycles. The van der Waals surface area contributed by atoms with E-state index in [1.165, 1.54) is 10.2 Å². The Morgan fingerprint density at radius 1 is 0.946 bits per heavy atom. The maximum atomic E-state index is 13.4. The summed E-state index contributed by atoms with van der Waals surface area (Å²) in [5, 5.41) is 5.06. The van der Waals surface area contributed by atoms with Gasteiger partial charge in [-0.1, -0.05) is 72.3 Å². The number of aryl methyl sites for hydroxylation is 1. The van der Waals surface area contributed by atoms with Crippen molar-refractivity contribution in [1.29, 1.82) is 0 Å². The van der Waals surface area contributed by atoms with E-state index in [1.54, 1.807) is 19.4 Å². The zero-order chi connectivity index (χ0) is 25.8. The summed E-state index contributed by atoms with van der Waals surface area (Å²) >= 11 is 3.61. The first-order valence-corrected chi connectivity index (χ1v) is 12.5. The van der Waals surface area contributed by atoms with Gasteiger partial charge in [-0.2, -0.15) is 9.78 Å². The SMILES string of the molecule is COc1cc(C=Nn2c(-c3ccccc3)nc3ccccc3c2=O)c(Br)cc1OCc1ccc(C)cc1. The molecule has 0 aliphatic rings. The molecular weight excluding hydrogens is 530 g/mol. The number of nitrogens with zero attached hydrogens (tertiary/aromatic N) is 3. The molecule has 0 spiro atoms. The topological polar surface area (TPSA) is 65.7 Å². The Kier molecular flexibility index (Phi) is 7.14. The van der Waals surface area contributed by atoms with Crippen molar-refractivity contribution in [2.45, 2.75) is 13.5 Å². The zero-order valence-electron chi connectivity index (χ0n) is 20.4. The Morgan fingerprint density at radius 2 is 1.68 bits per heavy atom. The van der Waals surface area contributed by atoms with Crippen LogP contribution in [0.25, 0.3) is 22.3 Å². The van der Waals surface area contributed by atoms with Crippen LogP contribution < -0.4 is 15.0 Å². The standard InChI is InChI=1S/C30H24BrN3O3/c1-20-12-14-21(15-13-20)19-37-28-17-25(31)23(16-27(28)36-2)18-32-34-29(22-8-4-3-5-9-22)33-26-11-7-6-10-24(26)30(34)35/h3-18H,19H2,1-2H3. The second-order valence-corrected chi connectivity index (χ2v) is 9.33. The largest absolute Gasteiger partial charge is 0.493 e. The maximum absolute atomic E-state index is 13.4. The lowest BCUT2D eigenvalue weighted by Gasteiger charge is -2.13. The smallest absolute Gasteiger partial charge is 0.282 e. The summed E-state index contributed by atoms with van der Waals surface area (Å²) in [6.45, 7) is 2.46. The van der Waals surface area contributed by atoms with Gasteiger partial charge in [0.1, 0.15) is 6.61 Å². The quantitative estimate of drug-likeness (QED) is 0.213. The van der Waals surface area contributed by atoms with Crippen molar-refractivity contribution in [3.63, 3.8) is 0 Å². The minimum Gasteiger partial charge on any atom is -0.493 e. The molecule has 0 radical (unpaired) electrons. The highest BCUT2D eigenvalue weighted by Gasteiger charge is 2.13. The molecule has 7 heteroatoms. The minimum atomic E-state index is -0.248. The van der Waals surface area contributed by atoms with Gasteiger partial charge in [0.05, 0.1) is 24.2 Å². The first-order valence-electron chi connectivity index (χ1n) is 11.7. The van der Waals surface area contributed by atoms with Gasteiger partial charge in [-0.25, -0.2) is 4.98 Å². The molecule has 0 bridgehead atoms. The molecule has 5 aromatic rings. The predicted octanol–water partition coefficient (Wildman–Crippen LogP) is 6.60. The molecule has 0 aliphatic heterocycles. The molecule has 0 amide bonds. The van der Waals surface area contributed by atoms with Gasteiger partial charge < -0.3 is 9.47 Å². The van der Waals surface area contributed by atoms with Gasteiger partial charge in [0.25, 0.3) is 5.56 Å². The second kappa shape index (κ2) is 10.8. The predicted molar refractivity (Wildman–Crippen MR) is 151 cm³/mol. The molecule has 5 rings (SSSR count). The Labute approximate surface area is 223 Å². The summed E-state index contributed by atoms with van der Waals surface area (Å²) in [6, 6.07) is 28.6. The fourth-order valence-corrected chi connectivity index (χ4v) is 4.32. The maximum Gasteiger partial charge on any atom is 0.282 e. The number of hydrogen-bond acceptors (Lipinski definition) is 5. The number of fused-ring (bicyclic) bond motifs is 1. The van der Waals surface area contributed by atoms with Crippen molar-refractivity contribution in [3.05, 3.63) is 123 Å². The fourth-order valence-electron chi connectivity index (χ4n) is 3.89. The van der Waals surface area contributed by atoms with Gasteiger partial charge in [-0.3, -0.25) is 4.79 Å². The molecule has 0 saturated carbocycles. The number of aromatic nitrogens is 2. The Hall–Kier alpha value is -4.23. The van der Waals surface area contributed by atoms with Crippen LogP contribution in [0.5, 0.6) is 11.5 Å². The summed E-state index contributed by atoms with van der Waals surface area (Å²) in [5.74, 6) is 1.62. The lowest BCUT2D eigenvalue weighted by Crippen LogP contribution is -2.20. The van der Waals surface area contributed by atoms with E-state index in [-0.39, 0.29) is 5.56 Å². The van der Waals surface area contributed by atoms with E-state index in [2.05, 4.69) is 40.1 Å². The van der Waals surface area contributed by atoms with Crippen LogP contribution >= 0.6 is 15.9 Å². The monoisotopic (exact) mass is 553 g/mol. The fraction of sp³-hybridized carbons (Fsp3) is 0.100. The van der Waals surface area contributed by atoms with Gasteiger partial charge in [-0.05, 0) is 52.7 Å². The zero-order valence-corrected chi connectivity index (χ0v) is 22.0. The Morgan fingerprint density at radius 3 is 2.43 bits per heavy atom. The molecule has 37 heavy (non-hydrogen) atoms. The second-order valence-electron chi connectivity index (χ2n) is 8.48. The first-order chi connectivity index (χ1) is 18.0. The van der Waals surface area contributed by atoms with Crippen molar-refractivity contribution in [2.75, 3.05) is 7.11 Å². The first kappa shape index (κ1) is 24.5. The third-order valence-corrected chi connectivity index (χ3v) is 6.58. The number of ether oxygens (including phenoxy) is 2. The van der Waals surface area contributed by atoms with Crippen LogP contribution in [0.15, 0.2) is 105 Å². The average molecular weight is 554 g/mol. The molecule has 1 aromatic heterocycles. The Balaban J connectivity index is 1.51. The molecule has 0 saturated heterocycles. The molecule has 0 atom stereocenters. The molecular formula is C30H24BrN3O3. The third kappa shape index (κ3) is 5.32. The summed E-state index contributed by atoms with van der Waals surface area (Å²) in [7, 11) is 1.59. The van der Waals surface area contributed by atoms with E-state index in [4.69, 9.17) is 14.5 Å². The van der Waals surface area contributed by atoms with E-state index in [9.17, 15) is 4.79 Å². The number of halogens is 1. The van der Waals surface area contributed by atoms with Crippen LogP contribution in [0.1, 0.15) is 16.7 Å². The van der Waals surface area contributed by atoms with Gasteiger partial charge in [0.15, 0.2) is 17.3 Å². The van der Waals surface area contributed by atoms with Gasteiger partial charge in [-0.15, -0.1) is 0 Å². The van der Waals surface area contributed by atoms with Crippen molar-refractivity contribution in [3.8, 4) is 22.9 Å². The van der Waals surface area contributed by atoms with Crippen molar-refractivity contribution >= 4 is 33.0 Å². The molecule has 184 valence electrons. The minimum absolute atomic E-state index is 0.248. The van der Waals surface area contributed by atoms with E-state index in [0.717, 1.165) is 21.2 Å². The number of hydrogen-bond donors (Lipinski definition) is 0. The van der Waals surface area contributed by atoms with Gasteiger partial charge >= 0.3 is 0 Å². The molecule has 0 unspecified atom stereocenters. The van der Waals surface area contributed by atoms with Crippen molar-refractivity contribution in [1.82, 2.24) is 9.66 Å². The third-order valence-electron chi connectivity index (χ3n) is 5.90. The number of para-hydroxylation sites is 1. The highest BCUT2D eigenvalue weighted by Crippen LogP contribution is 2.33. The summed E-state index contributed by atoms with van der Waals surface area (Å²) in [4.78, 5) is 18.1. The lowest BCUT2D eigenvalue weighted by atomic mass is 10.1. The molecule has 0 fully saturated rings. The van der Waals surface area contributed by atoms with Crippen LogP contribution in [0.3, 0.4) is 0 Å². The average Bonchev–Trinajstić information content (AvgIpc) is 2.93. The van der Waals surface area contributed by atoms with Crippen LogP contribution in [-0.2, 0) is 6.61 Å².